The van der Waals surface area contributed by atoms with Gasteiger partial charge in [-0.25, -0.2) is 4.79 Å². The number of ether oxygens (including phenoxy) is 1. The molecule has 0 bridgehead atoms. The maximum atomic E-state index is 12.4. The van der Waals surface area contributed by atoms with Crippen LogP contribution >= 0.6 is 0 Å². The van der Waals surface area contributed by atoms with Crippen molar-refractivity contribution in [2.45, 2.75) is 57.0 Å². The summed E-state index contributed by atoms with van der Waals surface area (Å²) in [4.78, 5) is 35.6. The summed E-state index contributed by atoms with van der Waals surface area (Å²) in [6.45, 7) is 1.99. The number of amides is 2. The molecule has 0 aliphatic heterocycles. The number of hydrogen-bond donors (Lipinski definition) is 3. The lowest BCUT2D eigenvalue weighted by molar-refractivity contribution is -0.138. The van der Waals surface area contributed by atoms with Crippen LogP contribution in [0.25, 0.3) is 11.1 Å². The highest BCUT2D eigenvalue weighted by Crippen LogP contribution is 2.44. The molecule has 0 saturated heterocycles. The third-order valence-corrected chi connectivity index (χ3v) is 6.57. The van der Waals surface area contributed by atoms with Crippen LogP contribution in [0.2, 0.25) is 0 Å². The monoisotopic (exact) mass is 450 g/mol. The van der Waals surface area contributed by atoms with Gasteiger partial charge in [-0.15, -0.1) is 0 Å². The molecule has 1 fully saturated rings. The zero-order chi connectivity index (χ0) is 23.4. The lowest BCUT2D eigenvalue weighted by Gasteiger charge is -2.18. The topological polar surface area (TPSA) is 105 Å². The Labute approximate surface area is 193 Å². The Morgan fingerprint density at radius 1 is 1.03 bits per heavy atom. The maximum absolute atomic E-state index is 12.4. The van der Waals surface area contributed by atoms with Gasteiger partial charge >= 0.3 is 12.1 Å². The van der Waals surface area contributed by atoms with Crippen LogP contribution in [0.1, 0.15) is 56.1 Å². The van der Waals surface area contributed by atoms with Gasteiger partial charge in [-0.2, -0.15) is 0 Å². The Balaban J connectivity index is 1.23. The summed E-state index contributed by atoms with van der Waals surface area (Å²) in [5.41, 5.74) is 4.64. The van der Waals surface area contributed by atoms with Crippen molar-refractivity contribution in [2.24, 2.45) is 5.92 Å². The van der Waals surface area contributed by atoms with Crippen molar-refractivity contribution in [1.82, 2.24) is 10.6 Å². The molecule has 2 aromatic carbocycles. The molecule has 2 aromatic rings. The van der Waals surface area contributed by atoms with Gasteiger partial charge in [0.25, 0.3) is 0 Å². The van der Waals surface area contributed by atoms with Gasteiger partial charge in [-0.05, 0) is 54.4 Å². The molecule has 2 amide bonds. The molecule has 2 aliphatic carbocycles. The van der Waals surface area contributed by atoms with Gasteiger partial charge in [0.15, 0.2) is 0 Å². The number of nitrogens with one attached hydrogen (secondary N) is 2. The number of carboxylic acid groups (broad SMARTS) is 1. The van der Waals surface area contributed by atoms with E-state index in [4.69, 9.17) is 9.84 Å². The summed E-state index contributed by atoms with van der Waals surface area (Å²) < 4.78 is 5.54. The van der Waals surface area contributed by atoms with Crippen LogP contribution in [-0.2, 0) is 14.3 Å². The molecular formula is C26H30N2O5. The standard InChI is InChI=1S/C26H30N2O5/c1-16(12-24(29)28-18-11-10-17(13-18)14-25(30)31)27-26(32)33-15-23-21-8-4-2-6-19(21)20-7-3-5-9-22(20)23/h2-9,16-18,23H,10-15H2,1H3,(H,27,32)(H,28,29)(H,30,31)/t16-,17-,18+/m0/s1. The van der Waals surface area contributed by atoms with Crippen molar-refractivity contribution < 1.29 is 24.2 Å². The van der Waals surface area contributed by atoms with Crippen LogP contribution in [0.5, 0.6) is 0 Å². The second-order valence-corrected chi connectivity index (χ2v) is 9.12. The van der Waals surface area contributed by atoms with Gasteiger partial charge in [0.1, 0.15) is 6.61 Å². The summed E-state index contributed by atoms with van der Waals surface area (Å²) >= 11 is 0. The van der Waals surface area contributed by atoms with Crippen molar-refractivity contribution in [3.05, 3.63) is 59.7 Å². The Morgan fingerprint density at radius 2 is 1.67 bits per heavy atom. The van der Waals surface area contributed by atoms with Crippen molar-refractivity contribution >= 4 is 18.0 Å². The summed E-state index contributed by atoms with van der Waals surface area (Å²) in [6, 6.07) is 15.9. The molecule has 3 atom stereocenters. The minimum Gasteiger partial charge on any atom is -0.481 e. The molecule has 0 aromatic heterocycles. The van der Waals surface area contributed by atoms with Crippen LogP contribution in [0, 0.1) is 5.92 Å². The predicted molar refractivity (Wildman–Crippen MR) is 124 cm³/mol. The molecule has 1 saturated carbocycles. The number of rotatable bonds is 8. The van der Waals surface area contributed by atoms with Gasteiger partial charge in [0, 0.05) is 30.8 Å². The zero-order valence-electron chi connectivity index (χ0n) is 18.8. The summed E-state index contributed by atoms with van der Waals surface area (Å²) in [5, 5.41) is 14.6. The molecule has 4 rings (SSSR count). The van der Waals surface area contributed by atoms with Crippen LogP contribution in [-0.4, -0.2) is 41.8 Å². The van der Waals surface area contributed by atoms with Crippen LogP contribution in [0.3, 0.4) is 0 Å². The van der Waals surface area contributed by atoms with E-state index in [1.54, 1.807) is 6.92 Å². The number of alkyl carbamates (subject to hydrolysis) is 1. The van der Waals surface area contributed by atoms with Crippen molar-refractivity contribution in [3.63, 3.8) is 0 Å². The van der Waals surface area contributed by atoms with Gasteiger partial charge in [0.05, 0.1) is 0 Å². The Morgan fingerprint density at radius 3 is 2.30 bits per heavy atom. The molecular weight excluding hydrogens is 420 g/mol. The number of hydrogen-bond acceptors (Lipinski definition) is 4. The van der Waals surface area contributed by atoms with Crippen molar-refractivity contribution in [2.75, 3.05) is 6.61 Å². The molecule has 2 aliphatic rings. The molecule has 7 heteroatoms. The van der Waals surface area contributed by atoms with Crippen LogP contribution in [0.15, 0.2) is 48.5 Å². The average molecular weight is 451 g/mol. The molecule has 0 heterocycles. The summed E-state index contributed by atoms with van der Waals surface area (Å²) in [5.74, 6) is -0.845. The second-order valence-electron chi connectivity index (χ2n) is 9.12. The Kier molecular flexibility index (Phi) is 6.96. The quantitative estimate of drug-likeness (QED) is 0.563. The maximum Gasteiger partial charge on any atom is 0.407 e. The highest BCUT2D eigenvalue weighted by atomic mass is 16.5. The van der Waals surface area contributed by atoms with E-state index < -0.39 is 12.1 Å². The average Bonchev–Trinajstić information content (AvgIpc) is 3.33. The van der Waals surface area contributed by atoms with E-state index in [-0.39, 0.29) is 49.3 Å². The highest BCUT2D eigenvalue weighted by Gasteiger charge is 2.30. The fourth-order valence-electron chi connectivity index (χ4n) is 5.10. The number of carbonyl (C=O) groups is 3. The largest absolute Gasteiger partial charge is 0.481 e. The first-order chi connectivity index (χ1) is 15.9. The van der Waals surface area contributed by atoms with Gasteiger partial charge < -0.3 is 20.5 Å². The van der Waals surface area contributed by atoms with E-state index in [1.807, 2.05) is 24.3 Å². The fraction of sp³-hybridized carbons (Fsp3) is 0.423. The molecule has 174 valence electrons. The first-order valence-electron chi connectivity index (χ1n) is 11.5. The van der Waals surface area contributed by atoms with Gasteiger partial charge in [-0.1, -0.05) is 48.5 Å². The molecule has 33 heavy (non-hydrogen) atoms. The van der Waals surface area contributed by atoms with Gasteiger partial charge in [0.2, 0.25) is 5.91 Å². The van der Waals surface area contributed by atoms with Gasteiger partial charge in [-0.3, -0.25) is 9.59 Å². The number of benzene rings is 2. The Hall–Kier alpha value is -3.35. The molecule has 0 spiro atoms. The smallest absolute Gasteiger partial charge is 0.407 e. The van der Waals surface area contributed by atoms with E-state index in [2.05, 4.69) is 34.9 Å². The number of aliphatic carboxylic acids is 1. The lowest BCUT2D eigenvalue weighted by atomic mass is 9.98. The number of carboxylic acids is 1. The van der Waals surface area contributed by atoms with Crippen LogP contribution < -0.4 is 10.6 Å². The fourth-order valence-corrected chi connectivity index (χ4v) is 5.10. The molecule has 7 nitrogen and oxygen atoms in total. The van der Waals surface area contributed by atoms with E-state index in [0.717, 1.165) is 24.0 Å². The zero-order valence-corrected chi connectivity index (χ0v) is 18.8. The number of fused-ring (bicyclic) bond motifs is 3. The minimum absolute atomic E-state index is 0.00324. The SMILES string of the molecule is C[C@@H](CC(=O)N[C@@H]1CC[C@H](CC(=O)O)C1)NC(=O)OCC1c2ccccc2-c2ccccc21. The third kappa shape index (κ3) is 5.53. The molecule has 0 unspecified atom stereocenters. The van der Waals surface area contributed by atoms with E-state index in [9.17, 15) is 14.4 Å². The van der Waals surface area contributed by atoms with Crippen molar-refractivity contribution in [1.29, 1.82) is 0 Å². The van der Waals surface area contributed by atoms with Crippen molar-refractivity contribution in [3.8, 4) is 11.1 Å². The van der Waals surface area contributed by atoms with E-state index >= 15 is 0 Å². The highest BCUT2D eigenvalue weighted by molar-refractivity contribution is 5.79. The predicted octanol–water partition coefficient (Wildman–Crippen LogP) is 4.06. The summed E-state index contributed by atoms with van der Waals surface area (Å²) in [7, 11) is 0. The van der Waals surface area contributed by atoms with Crippen LogP contribution in [0.4, 0.5) is 4.79 Å². The number of carbonyl (C=O) groups excluding carboxylic acids is 2. The van der Waals surface area contributed by atoms with E-state index in [1.165, 1.54) is 11.1 Å². The molecule has 3 N–H and O–H groups in total. The first kappa shape index (κ1) is 22.8. The van der Waals surface area contributed by atoms with E-state index in [0.29, 0.717) is 6.42 Å². The second kappa shape index (κ2) is 10.1. The third-order valence-electron chi connectivity index (χ3n) is 6.57. The molecule has 0 radical (unpaired) electrons. The normalized spacial score (nSPS) is 19.9. The lowest BCUT2D eigenvalue weighted by Crippen LogP contribution is -2.40. The summed E-state index contributed by atoms with van der Waals surface area (Å²) in [6.07, 6.45) is 2.03. The Bertz CT molecular complexity index is 991. The minimum atomic E-state index is -0.798. The first-order valence-corrected chi connectivity index (χ1v) is 11.5.